The SMILES string of the molecule is CN(CCC1CCCCN1C)Cc1cccc(C(N)=S)c1. The van der Waals surface area contributed by atoms with Crippen molar-refractivity contribution in [2.75, 3.05) is 27.2 Å². The van der Waals surface area contributed by atoms with Crippen LogP contribution in [0.15, 0.2) is 24.3 Å². The molecular weight excluding hydrogens is 278 g/mol. The van der Waals surface area contributed by atoms with Crippen molar-refractivity contribution in [3.05, 3.63) is 35.4 Å². The molecule has 1 saturated heterocycles. The van der Waals surface area contributed by atoms with Crippen LogP contribution in [0.3, 0.4) is 0 Å². The summed E-state index contributed by atoms with van der Waals surface area (Å²) in [5, 5.41) is 0. The molecule has 0 amide bonds. The van der Waals surface area contributed by atoms with Gasteiger partial charge in [0.15, 0.2) is 0 Å². The number of nitrogens with zero attached hydrogens (tertiary/aromatic N) is 2. The second kappa shape index (κ2) is 7.87. The Labute approximate surface area is 134 Å². The van der Waals surface area contributed by atoms with E-state index in [4.69, 9.17) is 18.0 Å². The Morgan fingerprint density at radius 1 is 1.43 bits per heavy atom. The first-order valence-corrected chi connectivity index (χ1v) is 8.24. The minimum absolute atomic E-state index is 0.475. The molecular formula is C17H27N3S. The molecule has 1 unspecified atom stereocenters. The highest BCUT2D eigenvalue weighted by Gasteiger charge is 2.18. The van der Waals surface area contributed by atoms with Crippen molar-refractivity contribution in [3.63, 3.8) is 0 Å². The zero-order chi connectivity index (χ0) is 15.2. The van der Waals surface area contributed by atoms with Gasteiger partial charge in [-0.2, -0.15) is 0 Å². The first-order valence-electron chi connectivity index (χ1n) is 7.84. The first kappa shape index (κ1) is 16.4. The van der Waals surface area contributed by atoms with Crippen molar-refractivity contribution in [2.24, 2.45) is 5.73 Å². The minimum atomic E-state index is 0.475. The fourth-order valence-electron chi connectivity index (χ4n) is 3.09. The highest BCUT2D eigenvalue weighted by Crippen LogP contribution is 2.18. The number of likely N-dealkylation sites (tertiary alicyclic amines) is 1. The van der Waals surface area contributed by atoms with Gasteiger partial charge in [0, 0.05) is 18.2 Å². The smallest absolute Gasteiger partial charge is 0.103 e. The third-order valence-corrected chi connectivity index (χ3v) is 4.67. The molecule has 1 heterocycles. The monoisotopic (exact) mass is 305 g/mol. The van der Waals surface area contributed by atoms with Gasteiger partial charge < -0.3 is 15.5 Å². The van der Waals surface area contributed by atoms with Crippen molar-refractivity contribution in [1.29, 1.82) is 0 Å². The van der Waals surface area contributed by atoms with E-state index in [2.05, 4.69) is 36.0 Å². The average Bonchev–Trinajstić information content (AvgIpc) is 2.46. The lowest BCUT2D eigenvalue weighted by Gasteiger charge is -2.33. The van der Waals surface area contributed by atoms with Gasteiger partial charge in [-0.05, 0) is 58.1 Å². The molecule has 1 fully saturated rings. The van der Waals surface area contributed by atoms with E-state index in [1.54, 1.807) is 0 Å². The molecule has 0 aromatic heterocycles. The van der Waals surface area contributed by atoms with Gasteiger partial charge in [-0.25, -0.2) is 0 Å². The normalized spacial score (nSPS) is 19.9. The second-order valence-corrected chi connectivity index (χ2v) is 6.66. The molecule has 3 nitrogen and oxygen atoms in total. The third kappa shape index (κ3) is 5.06. The Kier molecular flexibility index (Phi) is 6.15. The van der Waals surface area contributed by atoms with Crippen LogP contribution in [-0.4, -0.2) is 48.0 Å². The van der Waals surface area contributed by atoms with Gasteiger partial charge in [0.2, 0.25) is 0 Å². The Morgan fingerprint density at radius 2 is 2.24 bits per heavy atom. The van der Waals surface area contributed by atoms with E-state index < -0.39 is 0 Å². The van der Waals surface area contributed by atoms with Gasteiger partial charge in [0.25, 0.3) is 0 Å². The molecule has 1 aromatic rings. The summed E-state index contributed by atoms with van der Waals surface area (Å²) in [6, 6.07) is 9.01. The van der Waals surface area contributed by atoms with Gasteiger partial charge in [-0.15, -0.1) is 0 Å². The van der Waals surface area contributed by atoms with Crippen LogP contribution in [0.4, 0.5) is 0 Å². The molecule has 0 radical (unpaired) electrons. The predicted octanol–water partition coefficient (Wildman–Crippen LogP) is 2.63. The molecule has 0 bridgehead atoms. The Morgan fingerprint density at radius 3 is 2.95 bits per heavy atom. The molecule has 1 atom stereocenters. The molecule has 21 heavy (non-hydrogen) atoms. The van der Waals surface area contributed by atoms with Crippen molar-refractivity contribution < 1.29 is 0 Å². The summed E-state index contributed by atoms with van der Waals surface area (Å²) in [4.78, 5) is 5.38. The highest BCUT2D eigenvalue weighted by atomic mass is 32.1. The summed E-state index contributed by atoms with van der Waals surface area (Å²) in [7, 11) is 4.45. The van der Waals surface area contributed by atoms with E-state index >= 15 is 0 Å². The predicted molar refractivity (Wildman–Crippen MR) is 93.5 cm³/mol. The van der Waals surface area contributed by atoms with Gasteiger partial charge in [-0.3, -0.25) is 0 Å². The summed E-state index contributed by atoms with van der Waals surface area (Å²) in [5.74, 6) is 0. The Bertz CT molecular complexity index is 475. The summed E-state index contributed by atoms with van der Waals surface area (Å²) < 4.78 is 0. The van der Waals surface area contributed by atoms with Crippen LogP contribution in [0.25, 0.3) is 0 Å². The number of benzene rings is 1. The van der Waals surface area contributed by atoms with Crippen LogP contribution < -0.4 is 5.73 Å². The van der Waals surface area contributed by atoms with Gasteiger partial charge >= 0.3 is 0 Å². The van der Waals surface area contributed by atoms with Gasteiger partial charge in [0.1, 0.15) is 4.99 Å². The number of hydrogen-bond donors (Lipinski definition) is 1. The van der Waals surface area contributed by atoms with E-state index in [0.717, 1.165) is 24.7 Å². The number of piperidine rings is 1. The molecule has 1 aliphatic heterocycles. The molecule has 0 aliphatic carbocycles. The summed E-state index contributed by atoms with van der Waals surface area (Å²) in [5.41, 5.74) is 7.94. The van der Waals surface area contributed by atoms with Crippen molar-refractivity contribution in [2.45, 2.75) is 38.3 Å². The molecule has 0 spiro atoms. The van der Waals surface area contributed by atoms with E-state index in [9.17, 15) is 0 Å². The lowest BCUT2D eigenvalue weighted by Crippen LogP contribution is -2.38. The maximum atomic E-state index is 5.70. The van der Waals surface area contributed by atoms with E-state index in [1.807, 2.05) is 12.1 Å². The molecule has 2 N–H and O–H groups in total. The topological polar surface area (TPSA) is 32.5 Å². The first-order chi connectivity index (χ1) is 10.1. The van der Waals surface area contributed by atoms with Crippen molar-refractivity contribution >= 4 is 17.2 Å². The molecule has 4 heteroatoms. The Balaban J connectivity index is 1.82. The van der Waals surface area contributed by atoms with Crippen LogP contribution in [0.1, 0.15) is 36.8 Å². The fourth-order valence-corrected chi connectivity index (χ4v) is 3.22. The highest BCUT2D eigenvalue weighted by molar-refractivity contribution is 7.80. The fraction of sp³-hybridized carbons (Fsp3) is 0.588. The molecule has 0 saturated carbocycles. The third-order valence-electron chi connectivity index (χ3n) is 4.43. The zero-order valence-corrected chi connectivity index (χ0v) is 14.0. The van der Waals surface area contributed by atoms with Crippen LogP contribution in [-0.2, 0) is 6.54 Å². The van der Waals surface area contributed by atoms with Crippen molar-refractivity contribution in [1.82, 2.24) is 9.80 Å². The maximum absolute atomic E-state index is 5.70. The standard InChI is InChI=1S/C17H27N3S/c1-19(11-9-16-8-3-4-10-20(16)2)13-14-6-5-7-15(12-14)17(18)21/h5-7,12,16H,3-4,8-11,13H2,1-2H3,(H2,18,21). The maximum Gasteiger partial charge on any atom is 0.103 e. The largest absolute Gasteiger partial charge is 0.389 e. The van der Waals surface area contributed by atoms with E-state index in [-0.39, 0.29) is 0 Å². The van der Waals surface area contributed by atoms with Crippen LogP contribution >= 0.6 is 12.2 Å². The van der Waals surface area contributed by atoms with Gasteiger partial charge in [-0.1, -0.05) is 36.8 Å². The summed E-state index contributed by atoms with van der Waals surface area (Å²) in [6.07, 6.45) is 5.34. The van der Waals surface area contributed by atoms with Gasteiger partial charge in [0.05, 0.1) is 0 Å². The number of hydrogen-bond acceptors (Lipinski definition) is 3. The number of nitrogens with two attached hydrogens (primary N) is 1. The quantitative estimate of drug-likeness (QED) is 0.819. The lowest BCUT2D eigenvalue weighted by molar-refractivity contribution is 0.159. The average molecular weight is 305 g/mol. The summed E-state index contributed by atoms with van der Waals surface area (Å²) in [6.45, 7) is 3.34. The molecule has 116 valence electrons. The van der Waals surface area contributed by atoms with Crippen LogP contribution in [0.2, 0.25) is 0 Å². The van der Waals surface area contributed by atoms with Crippen LogP contribution in [0, 0.1) is 0 Å². The van der Waals surface area contributed by atoms with Crippen LogP contribution in [0.5, 0.6) is 0 Å². The number of thiocarbonyl (C=S) groups is 1. The van der Waals surface area contributed by atoms with Crippen molar-refractivity contribution in [3.8, 4) is 0 Å². The molecule has 1 aromatic carbocycles. The minimum Gasteiger partial charge on any atom is -0.389 e. The zero-order valence-electron chi connectivity index (χ0n) is 13.2. The molecule has 1 aliphatic rings. The Hall–Kier alpha value is -0.970. The number of rotatable bonds is 6. The lowest BCUT2D eigenvalue weighted by atomic mass is 10.00. The second-order valence-electron chi connectivity index (χ2n) is 6.22. The summed E-state index contributed by atoms with van der Waals surface area (Å²) >= 11 is 5.04. The van der Waals surface area contributed by atoms with E-state index in [1.165, 1.54) is 37.8 Å². The molecule has 2 rings (SSSR count). The van der Waals surface area contributed by atoms with E-state index in [0.29, 0.717) is 4.99 Å².